The molecule has 4 rings (SSSR count). The van der Waals surface area contributed by atoms with Crippen molar-refractivity contribution >= 4 is 17.2 Å². The van der Waals surface area contributed by atoms with E-state index in [-0.39, 0.29) is 5.91 Å². The molecule has 0 aliphatic rings. The van der Waals surface area contributed by atoms with Crippen LogP contribution < -0.4 is 9.47 Å². The fourth-order valence-electron chi connectivity index (χ4n) is 3.78. The molecule has 4 aromatic rings. The zero-order chi connectivity index (χ0) is 24.1. The van der Waals surface area contributed by atoms with Gasteiger partial charge in [-0.15, -0.1) is 11.3 Å². The van der Waals surface area contributed by atoms with Crippen LogP contribution >= 0.6 is 11.3 Å². The molecule has 34 heavy (non-hydrogen) atoms. The Bertz CT molecular complexity index is 1230. The second-order valence-electron chi connectivity index (χ2n) is 8.43. The van der Waals surface area contributed by atoms with Gasteiger partial charge in [-0.2, -0.15) is 5.10 Å². The summed E-state index contributed by atoms with van der Waals surface area (Å²) in [5.41, 5.74) is 2.54. The van der Waals surface area contributed by atoms with Gasteiger partial charge >= 0.3 is 0 Å². The molecular formula is C27H29N3O3S. The quantitative estimate of drug-likeness (QED) is 0.283. The van der Waals surface area contributed by atoms with E-state index < -0.39 is 0 Å². The van der Waals surface area contributed by atoms with Crippen LogP contribution in [0.1, 0.15) is 34.8 Å². The van der Waals surface area contributed by atoms with Crippen molar-refractivity contribution in [2.75, 3.05) is 13.7 Å². The highest BCUT2D eigenvalue weighted by atomic mass is 32.1. The molecule has 7 heteroatoms. The third-order valence-electron chi connectivity index (χ3n) is 5.37. The first-order valence-electron chi connectivity index (χ1n) is 11.3. The second kappa shape index (κ2) is 10.6. The second-order valence-corrected chi connectivity index (χ2v) is 9.37. The van der Waals surface area contributed by atoms with Crippen molar-refractivity contribution < 1.29 is 14.3 Å². The molecule has 0 aliphatic carbocycles. The lowest BCUT2D eigenvalue weighted by molar-refractivity contribution is 0.0726. The zero-order valence-corrected chi connectivity index (χ0v) is 20.7. The van der Waals surface area contributed by atoms with Crippen molar-refractivity contribution in [1.29, 1.82) is 0 Å². The number of carbonyl (C=O) groups is 1. The number of thiophene rings is 1. The Balaban J connectivity index is 1.79. The summed E-state index contributed by atoms with van der Waals surface area (Å²) in [6, 6.07) is 21.1. The molecule has 2 aromatic carbocycles. The molecule has 0 spiro atoms. The third-order valence-corrected chi connectivity index (χ3v) is 6.23. The minimum absolute atomic E-state index is 0.0128. The number of para-hydroxylation sites is 3. The number of methoxy groups -OCH3 is 1. The number of aryl methyl sites for hydroxylation is 1. The molecule has 0 bridgehead atoms. The fraction of sp³-hybridized carbons (Fsp3) is 0.259. The predicted octanol–water partition coefficient (Wildman–Crippen LogP) is 6.34. The van der Waals surface area contributed by atoms with Crippen LogP contribution in [-0.2, 0) is 6.54 Å². The first-order valence-corrected chi connectivity index (χ1v) is 12.1. The maximum atomic E-state index is 13.4. The first kappa shape index (κ1) is 23.6. The van der Waals surface area contributed by atoms with E-state index in [1.54, 1.807) is 11.8 Å². The van der Waals surface area contributed by atoms with Crippen molar-refractivity contribution in [2.24, 2.45) is 5.92 Å². The molecule has 0 aliphatic heterocycles. The lowest BCUT2D eigenvalue weighted by atomic mass is 10.1. The first-order chi connectivity index (χ1) is 16.5. The van der Waals surface area contributed by atoms with Crippen LogP contribution in [0.15, 0.2) is 72.1 Å². The number of carbonyl (C=O) groups excluding carboxylic acids is 1. The molecule has 2 aromatic heterocycles. The van der Waals surface area contributed by atoms with Gasteiger partial charge in [0.15, 0.2) is 11.5 Å². The van der Waals surface area contributed by atoms with E-state index >= 15 is 0 Å². The van der Waals surface area contributed by atoms with E-state index in [0.29, 0.717) is 36.4 Å². The van der Waals surface area contributed by atoms with Crippen LogP contribution in [0.5, 0.6) is 17.4 Å². The van der Waals surface area contributed by atoms with Crippen LogP contribution in [0.4, 0.5) is 0 Å². The highest BCUT2D eigenvalue weighted by Crippen LogP contribution is 2.36. The number of aromatic nitrogens is 2. The van der Waals surface area contributed by atoms with E-state index in [1.165, 1.54) is 11.3 Å². The summed E-state index contributed by atoms with van der Waals surface area (Å²) >= 11 is 1.46. The number of amides is 1. The summed E-state index contributed by atoms with van der Waals surface area (Å²) in [6.07, 6.45) is 0. The van der Waals surface area contributed by atoms with Crippen LogP contribution in [0, 0.1) is 12.8 Å². The molecule has 6 nitrogen and oxygen atoms in total. The summed E-state index contributed by atoms with van der Waals surface area (Å²) in [7, 11) is 1.62. The molecule has 0 saturated carbocycles. The van der Waals surface area contributed by atoms with Gasteiger partial charge in [0.1, 0.15) is 0 Å². The van der Waals surface area contributed by atoms with Crippen LogP contribution in [-0.4, -0.2) is 34.2 Å². The van der Waals surface area contributed by atoms with Gasteiger partial charge in [0.05, 0.1) is 35.5 Å². The summed E-state index contributed by atoms with van der Waals surface area (Å²) in [5, 5.41) is 6.73. The standard InChI is InChI=1S/C27H29N3O3S/c1-19(2)17-29(26(31)25-15-10-16-34-25)18-22-20(3)28-30(21-11-6-5-7-12-21)27(22)33-24-14-9-8-13-23(24)32-4/h5-16,19H,17-18H2,1-4H3. The molecule has 0 saturated heterocycles. The van der Waals surface area contributed by atoms with Crippen molar-refractivity contribution in [3.05, 3.63) is 88.2 Å². The Morgan fingerprint density at radius 2 is 1.74 bits per heavy atom. The SMILES string of the molecule is COc1ccccc1Oc1c(CN(CC(C)C)C(=O)c2cccs2)c(C)nn1-c1ccccc1. The highest BCUT2D eigenvalue weighted by molar-refractivity contribution is 7.12. The summed E-state index contributed by atoms with van der Waals surface area (Å²) in [6.45, 7) is 7.19. The number of rotatable bonds is 9. The Kier molecular flexibility index (Phi) is 7.33. The van der Waals surface area contributed by atoms with Crippen LogP contribution in [0.25, 0.3) is 5.69 Å². The summed E-state index contributed by atoms with van der Waals surface area (Å²) < 4.78 is 13.8. The zero-order valence-electron chi connectivity index (χ0n) is 19.9. The fourth-order valence-corrected chi connectivity index (χ4v) is 4.47. The lowest BCUT2D eigenvalue weighted by Crippen LogP contribution is -2.33. The molecule has 0 N–H and O–H groups in total. The monoisotopic (exact) mass is 475 g/mol. The molecule has 2 heterocycles. The Hall–Kier alpha value is -3.58. The minimum atomic E-state index is 0.0128. The van der Waals surface area contributed by atoms with Crippen molar-refractivity contribution in [2.45, 2.75) is 27.3 Å². The molecule has 1 amide bonds. The topological polar surface area (TPSA) is 56.6 Å². The Morgan fingerprint density at radius 1 is 1.03 bits per heavy atom. The van der Waals surface area contributed by atoms with Gasteiger partial charge in [0.25, 0.3) is 5.91 Å². The van der Waals surface area contributed by atoms with E-state index in [2.05, 4.69) is 13.8 Å². The third kappa shape index (κ3) is 5.15. The minimum Gasteiger partial charge on any atom is -0.493 e. The van der Waals surface area contributed by atoms with E-state index in [1.807, 2.05) is 83.9 Å². The van der Waals surface area contributed by atoms with Gasteiger partial charge in [0, 0.05) is 6.54 Å². The van der Waals surface area contributed by atoms with Gasteiger partial charge < -0.3 is 14.4 Å². The molecular weight excluding hydrogens is 446 g/mol. The highest BCUT2D eigenvalue weighted by Gasteiger charge is 2.25. The Labute approximate surface area is 204 Å². The van der Waals surface area contributed by atoms with Crippen molar-refractivity contribution in [3.63, 3.8) is 0 Å². The lowest BCUT2D eigenvalue weighted by Gasteiger charge is -2.24. The van der Waals surface area contributed by atoms with Gasteiger partial charge in [-0.3, -0.25) is 4.79 Å². The molecule has 0 fully saturated rings. The number of hydrogen-bond acceptors (Lipinski definition) is 5. The average molecular weight is 476 g/mol. The van der Waals surface area contributed by atoms with E-state index in [4.69, 9.17) is 14.6 Å². The maximum Gasteiger partial charge on any atom is 0.264 e. The maximum absolute atomic E-state index is 13.4. The molecule has 0 atom stereocenters. The van der Waals surface area contributed by atoms with Crippen LogP contribution in [0.3, 0.4) is 0 Å². The normalized spacial score (nSPS) is 11.0. The van der Waals surface area contributed by atoms with Gasteiger partial charge in [-0.1, -0.05) is 50.2 Å². The smallest absolute Gasteiger partial charge is 0.264 e. The van der Waals surface area contributed by atoms with E-state index in [9.17, 15) is 4.79 Å². The summed E-state index contributed by atoms with van der Waals surface area (Å²) in [5.74, 6) is 2.11. The van der Waals surface area contributed by atoms with Crippen LogP contribution in [0.2, 0.25) is 0 Å². The number of hydrogen-bond donors (Lipinski definition) is 0. The number of ether oxygens (including phenoxy) is 2. The molecule has 0 unspecified atom stereocenters. The summed E-state index contributed by atoms with van der Waals surface area (Å²) in [4.78, 5) is 16.0. The number of benzene rings is 2. The predicted molar refractivity (Wildman–Crippen MR) is 135 cm³/mol. The largest absolute Gasteiger partial charge is 0.493 e. The van der Waals surface area contributed by atoms with Gasteiger partial charge in [0.2, 0.25) is 5.88 Å². The average Bonchev–Trinajstić information content (AvgIpc) is 3.48. The van der Waals surface area contributed by atoms with Crippen molar-refractivity contribution in [3.8, 4) is 23.1 Å². The van der Waals surface area contributed by atoms with E-state index in [0.717, 1.165) is 21.8 Å². The molecule has 0 radical (unpaired) electrons. The molecule has 176 valence electrons. The Morgan fingerprint density at radius 3 is 2.38 bits per heavy atom. The van der Waals surface area contributed by atoms with Gasteiger partial charge in [-0.05, 0) is 48.6 Å². The van der Waals surface area contributed by atoms with Crippen molar-refractivity contribution in [1.82, 2.24) is 14.7 Å². The number of nitrogens with zero attached hydrogens (tertiary/aromatic N) is 3. The van der Waals surface area contributed by atoms with Gasteiger partial charge in [-0.25, -0.2) is 4.68 Å².